The third-order valence-corrected chi connectivity index (χ3v) is 4.30. The molecule has 1 aliphatic rings. The lowest BCUT2D eigenvalue weighted by atomic mass is 10.1. The number of nitrogens with one attached hydrogen (secondary N) is 1. The summed E-state index contributed by atoms with van der Waals surface area (Å²) in [5.41, 5.74) is 1.52. The third-order valence-electron chi connectivity index (χ3n) is 4.30. The molecule has 1 heterocycles. The van der Waals surface area contributed by atoms with Gasteiger partial charge in [0.1, 0.15) is 18.7 Å². The predicted octanol–water partition coefficient (Wildman–Crippen LogP) is 2.80. The molecule has 0 bridgehead atoms. The molecule has 0 radical (unpaired) electrons. The monoisotopic (exact) mass is 352 g/mol. The molecule has 1 N–H and O–H groups in total. The van der Waals surface area contributed by atoms with E-state index in [9.17, 15) is 14.4 Å². The number of rotatable bonds is 6. The summed E-state index contributed by atoms with van der Waals surface area (Å²) < 4.78 is 5.32. The Balaban J connectivity index is 1.71. The number of carbonyl (C=O) groups is 3. The second-order valence-corrected chi connectivity index (χ2v) is 6.02. The molecule has 1 saturated heterocycles. The van der Waals surface area contributed by atoms with Gasteiger partial charge in [0.15, 0.2) is 0 Å². The molecule has 1 fully saturated rings. The van der Waals surface area contributed by atoms with Crippen LogP contribution in [0.3, 0.4) is 0 Å². The molecule has 0 aromatic heterocycles. The summed E-state index contributed by atoms with van der Waals surface area (Å²) >= 11 is 0. The standard InChI is InChI=1S/C20H20N2O4/c1-2-16(19(24)26-13-14-9-5-3-6-10-14)22-18(23)17(21-20(22)25)15-11-7-4-8-12-15/h3-12,16-17H,2,13H2,1H3,(H,21,25). The van der Waals surface area contributed by atoms with Crippen molar-refractivity contribution < 1.29 is 19.1 Å². The van der Waals surface area contributed by atoms with Crippen molar-refractivity contribution in [2.45, 2.75) is 32.0 Å². The molecule has 6 heteroatoms. The summed E-state index contributed by atoms with van der Waals surface area (Å²) in [5.74, 6) is -1.03. The molecule has 0 aliphatic carbocycles. The van der Waals surface area contributed by atoms with Gasteiger partial charge in [-0.15, -0.1) is 0 Å². The van der Waals surface area contributed by atoms with Crippen LogP contribution in [0, 0.1) is 0 Å². The summed E-state index contributed by atoms with van der Waals surface area (Å²) in [4.78, 5) is 38.5. The molecule has 1 aliphatic heterocycles. The van der Waals surface area contributed by atoms with Gasteiger partial charge in [0.05, 0.1) is 0 Å². The van der Waals surface area contributed by atoms with Gasteiger partial charge in [-0.1, -0.05) is 67.6 Å². The van der Waals surface area contributed by atoms with Gasteiger partial charge in [0, 0.05) is 0 Å². The van der Waals surface area contributed by atoms with E-state index in [2.05, 4.69) is 5.32 Å². The van der Waals surface area contributed by atoms with Crippen molar-refractivity contribution in [2.24, 2.45) is 0 Å². The second-order valence-electron chi connectivity index (χ2n) is 6.02. The summed E-state index contributed by atoms with van der Waals surface area (Å²) in [6, 6.07) is 15.9. The molecule has 26 heavy (non-hydrogen) atoms. The van der Waals surface area contributed by atoms with Crippen LogP contribution in [-0.2, 0) is 20.9 Å². The Morgan fingerprint density at radius 3 is 2.31 bits per heavy atom. The fourth-order valence-corrected chi connectivity index (χ4v) is 2.94. The maximum absolute atomic E-state index is 12.7. The number of ether oxygens (including phenoxy) is 1. The Morgan fingerprint density at radius 2 is 1.69 bits per heavy atom. The van der Waals surface area contributed by atoms with Crippen LogP contribution in [0.2, 0.25) is 0 Å². The molecule has 3 amide bonds. The van der Waals surface area contributed by atoms with Gasteiger partial charge >= 0.3 is 12.0 Å². The Morgan fingerprint density at radius 1 is 1.08 bits per heavy atom. The quantitative estimate of drug-likeness (QED) is 0.641. The molecule has 2 unspecified atom stereocenters. The van der Waals surface area contributed by atoms with E-state index in [1.54, 1.807) is 31.2 Å². The lowest BCUT2D eigenvalue weighted by molar-refractivity contribution is -0.153. The van der Waals surface area contributed by atoms with Crippen molar-refractivity contribution in [3.63, 3.8) is 0 Å². The van der Waals surface area contributed by atoms with E-state index in [0.717, 1.165) is 10.5 Å². The van der Waals surface area contributed by atoms with Crippen LogP contribution < -0.4 is 5.32 Å². The average Bonchev–Trinajstić information content (AvgIpc) is 2.97. The zero-order valence-corrected chi connectivity index (χ0v) is 14.4. The van der Waals surface area contributed by atoms with E-state index >= 15 is 0 Å². The third kappa shape index (κ3) is 3.59. The van der Waals surface area contributed by atoms with Crippen molar-refractivity contribution in [1.82, 2.24) is 10.2 Å². The second kappa shape index (κ2) is 7.82. The van der Waals surface area contributed by atoms with Gasteiger partial charge in [-0.05, 0) is 17.5 Å². The van der Waals surface area contributed by atoms with Crippen molar-refractivity contribution in [2.75, 3.05) is 0 Å². The Labute approximate surface area is 151 Å². The first-order chi connectivity index (χ1) is 12.6. The lowest BCUT2D eigenvalue weighted by Gasteiger charge is -2.22. The highest BCUT2D eigenvalue weighted by atomic mass is 16.5. The van der Waals surface area contributed by atoms with E-state index in [4.69, 9.17) is 4.74 Å². The molecule has 2 aromatic carbocycles. The molecule has 2 atom stereocenters. The van der Waals surface area contributed by atoms with Gasteiger partial charge in [0.25, 0.3) is 5.91 Å². The number of carbonyl (C=O) groups excluding carboxylic acids is 3. The van der Waals surface area contributed by atoms with Crippen molar-refractivity contribution in [3.8, 4) is 0 Å². The molecule has 2 aromatic rings. The Bertz CT molecular complexity index is 792. The fourth-order valence-electron chi connectivity index (χ4n) is 2.94. The zero-order chi connectivity index (χ0) is 18.5. The van der Waals surface area contributed by atoms with Crippen LogP contribution >= 0.6 is 0 Å². The van der Waals surface area contributed by atoms with Crippen LogP contribution in [0.15, 0.2) is 60.7 Å². The minimum atomic E-state index is -0.945. The number of benzene rings is 2. The maximum atomic E-state index is 12.7. The summed E-state index contributed by atoms with van der Waals surface area (Å²) in [5, 5.41) is 2.64. The van der Waals surface area contributed by atoms with Crippen LogP contribution in [0.4, 0.5) is 4.79 Å². The van der Waals surface area contributed by atoms with Gasteiger partial charge in [-0.2, -0.15) is 0 Å². The van der Waals surface area contributed by atoms with Crippen LogP contribution in [0.5, 0.6) is 0 Å². The van der Waals surface area contributed by atoms with E-state index in [1.165, 1.54) is 0 Å². The largest absolute Gasteiger partial charge is 0.459 e. The molecular formula is C20H20N2O4. The number of imide groups is 1. The maximum Gasteiger partial charge on any atom is 0.329 e. The number of hydrogen-bond acceptors (Lipinski definition) is 4. The van der Waals surface area contributed by atoms with E-state index < -0.39 is 30.0 Å². The smallest absolute Gasteiger partial charge is 0.329 e. The molecule has 0 spiro atoms. The van der Waals surface area contributed by atoms with E-state index in [0.29, 0.717) is 5.56 Å². The molecule has 6 nitrogen and oxygen atoms in total. The summed E-state index contributed by atoms with van der Waals surface area (Å²) in [6.07, 6.45) is 0.286. The Kier molecular flexibility index (Phi) is 5.31. The highest BCUT2D eigenvalue weighted by Gasteiger charge is 2.45. The zero-order valence-electron chi connectivity index (χ0n) is 14.4. The van der Waals surface area contributed by atoms with E-state index in [-0.39, 0.29) is 13.0 Å². The van der Waals surface area contributed by atoms with Crippen molar-refractivity contribution in [1.29, 1.82) is 0 Å². The number of esters is 1. The average molecular weight is 352 g/mol. The van der Waals surface area contributed by atoms with Crippen LogP contribution in [0.1, 0.15) is 30.5 Å². The number of nitrogens with zero attached hydrogens (tertiary/aromatic N) is 1. The van der Waals surface area contributed by atoms with Gasteiger partial charge in [-0.25, -0.2) is 14.5 Å². The minimum absolute atomic E-state index is 0.0991. The SMILES string of the molecule is CCC(C(=O)OCc1ccccc1)N1C(=O)NC(c2ccccc2)C1=O. The van der Waals surface area contributed by atoms with Crippen molar-refractivity contribution >= 4 is 17.9 Å². The fraction of sp³-hybridized carbons (Fsp3) is 0.250. The minimum Gasteiger partial charge on any atom is -0.459 e. The highest BCUT2D eigenvalue weighted by Crippen LogP contribution is 2.25. The first-order valence-electron chi connectivity index (χ1n) is 8.51. The van der Waals surface area contributed by atoms with Gasteiger partial charge in [0.2, 0.25) is 0 Å². The van der Waals surface area contributed by atoms with Crippen LogP contribution in [0.25, 0.3) is 0 Å². The molecule has 0 saturated carbocycles. The Hall–Kier alpha value is -3.15. The number of urea groups is 1. The first kappa shape index (κ1) is 17.7. The molecule has 134 valence electrons. The molecular weight excluding hydrogens is 332 g/mol. The summed E-state index contributed by atoms with van der Waals surface area (Å²) in [6.45, 7) is 1.84. The topological polar surface area (TPSA) is 75.7 Å². The van der Waals surface area contributed by atoms with Gasteiger partial charge in [-0.3, -0.25) is 4.79 Å². The number of amides is 3. The highest BCUT2D eigenvalue weighted by molar-refractivity contribution is 6.07. The summed E-state index contributed by atoms with van der Waals surface area (Å²) in [7, 11) is 0. The normalized spacial score (nSPS) is 17.7. The predicted molar refractivity (Wildman–Crippen MR) is 94.9 cm³/mol. The molecule has 3 rings (SSSR count). The van der Waals surface area contributed by atoms with E-state index in [1.807, 2.05) is 36.4 Å². The van der Waals surface area contributed by atoms with Gasteiger partial charge < -0.3 is 10.1 Å². The lowest BCUT2D eigenvalue weighted by Crippen LogP contribution is -2.45. The van der Waals surface area contributed by atoms with Crippen molar-refractivity contribution in [3.05, 3.63) is 71.8 Å². The number of hydrogen-bond donors (Lipinski definition) is 1. The van der Waals surface area contributed by atoms with Crippen LogP contribution in [-0.4, -0.2) is 28.8 Å². The first-order valence-corrected chi connectivity index (χ1v) is 8.51.